The van der Waals surface area contributed by atoms with Gasteiger partial charge in [0.15, 0.2) is 0 Å². The molecule has 2 aromatic carbocycles. The highest BCUT2D eigenvalue weighted by Gasteiger charge is 2.25. The predicted molar refractivity (Wildman–Crippen MR) is 129 cm³/mol. The van der Waals surface area contributed by atoms with Gasteiger partial charge in [-0.15, -0.1) is 0 Å². The predicted octanol–water partition coefficient (Wildman–Crippen LogP) is 5.70. The molecular formula is C27H35N3O2. The van der Waals surface area contributed by atoms with Crippen LogP contribution in [-0.2, 0) is 13.0 Å². The van der Waals surface area contributed by atoms with Gasteiger partial charge < -0.3 is 14.2 Å². The summed E-state index contributed by atoms with van der Waals surface area (Å²) in [7, 11) is 0. The molecule has 0 saturated heterocycles. The van der Waals surface area contributed by atoms with Crippen LogP contribution in [0.3, 0.4) is 0 Å². The minimum atomic E-state index is 0.111. The molecule has 3 aromatic rings. The first-order valence-electron chi connectivity index (χ1n) is 12.1. The van der Waals surface area contributed by atoms with Crippen molar-refractivity contribution < 1.29 is 9.53 Å². The fourth-order valence-corrected chi connectivity index (χ4v) is 4.30. The summed E-state index contributed by atoms with van der Waals surface area (Å²) in [6.45, 7) is 9.50. The van der Waals surface area contributed by atoms with E-state index in [9.17, 15) is 4.79 Å². The van der Waals surface area contributed by atoms with Crippen LogP contribution in [0.2, 0.25) is 0 Å². The second-order valence-electron chi connectivity index (χ2n) is 8.83. The Labute approximate surface area is 191 Å². The van der Waals surface area contributed by atoms with Gasteiger partial charge in [-0.25, -0.2) is 4.98 Å². The average Bonchev–Trinajstić information content (AvgIpc) is 3.56. The highest BCUT2D eigenvalue weighted by Crippen LogP contribution is 2.33. The van der Waals surface area contributed by atoms with Crippen LogP contribution in [0, 0.1) is 5.92 Å². The third-order valence-corrected chi connectivity index (χ3v) is 6.08. The molecule has 1 amide bonds. The van der Waals surface area contributed by atoms with Crippen molar-refractivity contribution in [1.29, 1.82) is 0 Å². The van der Waals surface area contributed by atoms with Gasteiger partial charge in [0.1, 0.15) is 11.6 Å². The fourth-order valence-electron chi connectivity index (χ4n) is 4.30. The van der Waals surface area contributed by atoms with Crippen LogP contribution in [0.1, 0.15) is 68.2 Å². The molecule has 0 atom stereocenters. The van der Waals surface area contributed by atoms with Gasteiger partial charge in [-0.2, -0.15) is 0 Å². The van der Waals surface area contributed by atoms with Gasteiger partial charge in [-0.3, -0.25) is 4.79 Å². The average molecular weight is 434 g/mol. The van der Waals surface area contributed by atoms with Crippen LogP contribution in [0.4, 0.5) is 0 Å². The minimum Gasteiger partial charge on any atom is -0.494 e. The normalized spacial score (nSPS) is 13.5. The van der Waals surface area contributed by atoms with Crippen LogP contribution in [-0.4, -0.2) is 40.1 Å². The zero-order chi connectivity index (χ0) is 22.5. The second-order valence-corrected chi connectivity index (χ2v) is 8.83. The van der Waals surface area contributed by atoms with Gasteiger partial charge >= 0.3 is 0 Å². The molecule has 5 heteroatoms. The molecule has 32 heavy (non-hydrogen) atoms. The van der Waals surface area contributed by atoms with E-state index in [1.54, 1.807) is 0 Å². The number of aromatic nitrogens is 2. The van der Waals surface area contributed by atoms with Crippen molar-refractivity contribution >= 4 is 16.9 Å². The fraction of sp³-hybridized carbons (Fsp3) is 0.481. The number of benzene rings is 2. The Balaban J connectivity index is 1.63. The maximum absolute atomic E-state index is 13.1. The van der Waals surface area contributed by atoms with Crippen molar-refractivity contribution in [2.45, 2.75) is 59.4 Å². The summed E-state index contributed by atoms with van der Waals surface area (Å²) >= 11 is 0. The van der Waals surface area contributed by atoms with Crippen LogP contribution < -0.4 is 4.74 Å². The molecule has 1 fully saturated rings. The first-order valence-corrected chi connectivity index (χ1v) is 12.1. The van der Waals surface area contributed by atoms with E-state index in [0.717, 1.165) is 73.0 Å². The molecule has 0 spiro atoms. The first-order chi connectivity index (χ1) is 15.6. The third kappa shape index (κ3) is 5.14. The molecule has 1 aromatic heterocycles. The Bertz CT molecular complexity index is 1040. The molecule has 0 unspecified atom stereocenters. The van der Waals surface area contributed by atoms with E-state index in [4.69, 9.17) is 9.72 Å². The molecule has 1 aliphatic carbocycles. The van der Waals surface area contributed by atoms with Gasteiger partial charge in [-0.1, -0.05) is 26.0 Å². The van der Waals surface area contributed by atoms with Crippen LogP contribution >= 0.6 is 0 Å². The Morgan fingerprint density at radius 1 is 1.06 bits per heavy atom. The Morgan fingerprint density at radius 2 is 1.78 bits per heavy atom. The van der Waals surface area contributed by atoms with Gasteiger partial charge in [0.2, 0.25) is 0 Å². The number of rotatable bonds is 11. The third-order valence-electron chi connectivity index (χ3n) is 6.08. The quantitative estimate of drug-likeness (QED) is 0.390. The number of imidazole rings is 1. The number of fused-ring (bicyclic) bond motifs is 1. The zero-order valence-corrected chi connectivity index (χ0v) is 19.6. The molecule has 170 valence electrons. The lowest BCUT2D eigenvalue weighted by molar-refractivity contribution is 0.0755. The van der Waals surface area contributed by atoms with Gasteiger partial charge in [0, 0.05) is 31.6 Å². The van der Waals surface area contributed by atoms with Crippen molar-refractivity contribution in [1.82, 2.24) is 14.5 Å². The lowest BCUT2D eigenvalue weighted by Gasteiger charge is -2.21. The first kappa shape index (κ1) is 22.4. The Kier molecular flexibility index (Phi) is 7.13. The van der Waals surface area contributed by atoms with Crippen molar-refractivity contribution in [3.05, 3.63) is 59.4 Å². The summed E-state index contributed by atoms with van der Waals surface area (Å²) in [5.74, 6) is 2.83. The lowest BCUT2D eigenvalue weighted by atomic mass is 10.1. The number of amides is 1. The molecule has 1 saturated carbocycles. The van der Waals surface area contributed by atoms with Gasteiger partial charge in [0.25, 0.3) is 5.91 Å². The van der Waals surface area contributed by atoms with E-state index in [0.29, 0.717) is 6.61 Å². The van der Waals surface area contributed by atoms with Crippen molar-refractivity contribution in [2.24, 2.45) is 5.92 Å². The summed E-state index contributed by atoms with van der Waals surface area (Å²) in [5.41, 5.74) is 4.01. The zero-order valence-electron chi connectivity index (χ0n) is 19.6. The lowest BCUT2D eigenvalue weighted by Crippen LogP contribution is -2.32. The second kappa shape index (κ2) is 10.2. The van der Waals surface area contributed by atoms with Gasteiger partial charge in [-0.05, 0) is 74.4 Å². The van der Waals surface area contributed by atoms with E-state index in [1.165, 1.54) is 18.4 Å². The molecule has 0 aliphatic heterocycles. The summed E-state index contributed by atoms with van der Waals surface area (Å²) in [4.78, 5) is 20.1. The molecular weight excluding hydrogens is 398 g/mol. The molecule has 1 heterocycles. The summed E-state index contributed by atoms with van der Waals surface area (Å²) in [5, 5.41) is 0. The number of hydrogen-bond acceptors (Lipinski definition) is 3. The number of nitrogens with zero attached hydrogens (tertiary/aromatic N) is 3. The van der Waals surface area contributed by atoms with Gasteiger partial charge in [0.05, 0.1) is 17.6 Å². The van der Waals surface area contributed by atoms with Crippen molar-refractivity contribution in [2.75, 3.05) is 19.7 Å². The van der Waals surface area contributed by atoms with E-state index in [-0.39, 0.29) is 5.91 Å². The van der Waals surface area contributed by atoms with E-state index < -0.39 is 0 Å². The topological polar surface area (TPSA) is 47.4 Å². The molecule has 0 N–H and O–H groups in total. The van der Waals surface area contributed by atoms with Crippen LogP contribution in [0.15, 0.2) is 42.5 Å². The summed E-state index contributed by atoms with van der Waals surface area (Å²) in [6, 6.07) is 14.4. The SMILES string of the molecule is CCCN(CCC)C(=O)c1ccc2c(c1)nc(Cc1ccc(OCC)cc1)n2CC1CC1. The summed E-state index contributed by atoms with van der Waals surface area (Å²) < 4.78 is 7.95. The molecule has 5 nitrogen and oxygen atoms in total. The standard InChI is InChI=1S/C27H35N3O2/c1-4-15-29(16-5-2)27(31)22-11-14-25-24(18-22)28-26(30(25)19-21-7-8-21)17-20-9-12-23(13-10-20)32-6-3/h9-14,18,21H,4-8,15-17,19H2,1-3H3. The van der Waals surface area contributed by atoms with E-state index in [1.807, 2.05) is 36.1 Å². The monoisotopic (exact) mass is 433 g/mol. The summed E-state index contributed by atoms with van der Waals surface area (Å²) in [6.07, 6.45) is 5.30. The van der Waals surface area contributed by atoms with E-state index >= 15 is 0 Å². The highest BCUT2D eigenvalue weighted by molar-refractivity contribution is 5.97. The van der Waals surface area contributed by atoms with E-state index in [2.05, 4.69) is 36.6 Å². The Morgan fingerprint density at radius 3 is 2.41 bits per heavy atom. The maximum Gasteiger partial charge on any atom is 0.253 e. The number of ether oxygens (including phenoxy) is 1. The van der Waals surface area contributed by atoms with Crippen molar-refractivity contribution in [3.63, 3.8) is 0 Å². The highest BCUT2D eigenvalue weighted by atomic mass is 16.5. The van der Waals surface area contributed by atoms with Crippen LogP contribution in [0.25, 0.3) is 11.0 Å². The minimum absolute atomic E-state index is 0.111. The van der Waals surface area contributed by atoms with Crippen LogP contribution in [0.5, 0.6) is 5.75 Å². The molecule has 4 rings (SSSR count). The molecule has 1 aliphatic rings. The molecule has 0 bridgehead atoms. The maximum atomic E-state index is 13.1. The molecule has 0 radical (unpaired) electrons. The number of carbonyl (C=O) groups excluding carboxylic acids is 1. The number of carbonyl (C=O) groups is 1. The Hall–Kier alpha value is -2.82. The number of hydrogen-bond donors (Lipinski definition) is 0. The van der Waals surface area contributed by atoms with Crippen molar-refractivity contribution in [3.8, 4) is 5.75 Å². The smallest absolute Gasteiger partial charge is 0.253 e. The largest absolute Gasteiger partial charge is 0.494 e.